The fourth-order valence-electron chi connectivity index (χ4n) is 9.06. The second-order valence-electron chi connectivity index (χ2n) is 17.6. The molecule has 264 valence electrons. The number of unbranched alkanes of at least 4 members (excludes halogenated alkanes) is 1. The Morgan fingerprint density at radius 3 is 2.15 bits per heavy atom. The Balaban J connectivity index is 0.000000355. The van der Waals surface area contributed by atoms with Crippen LogP contribution in [0.15, 0.2) is 71.3 Å². The molecule has 1 fully saturated rings. The number of hydrogen-bond acceptors (Lipinski definition) is 0. The third kappa shape index (κ3) is 7.33. The molecule has 6 rings (SSSR count). The van der Waals surface area contributed by atoms with Crippen LogP contribution >= 0.6 is 0 Å². The molecule has 0 heterocycles. The summed E-state index contributed by atoms with van der Waals surface area (Å²) >= 11 is 1.55. The van der Waals surface area contributed by atoms with Gasteiger partial charge >= 0.3 is 41.3 Å². The van der Waals surface area contributed by atoms with Crippen molar-refractivity contribution in [3.05, 3.63) is 99.5 Å². The standard InChI is InChI=1S/C29H37.C13H21.C3H6.2ClH.Zr/c1-18-25-22-17-19-13-9-10-14-20(19)24(22)21-15-11-12-16-23(21)29(25,8)28(6,7)27(4,5)26(18,2)3;1-5-6-7-11-8-9-12(10-11)13(2,3)4;1-3-2;;;/h9-11,13-15,23H,12,16-17H2,1-8H3;8-10H,5-7H2,1-4H3;1-2H3;2*1H;/q2*-1;;;;+2/p-2. The van der Waals surface area contributed by atoms with E-state index in [1.807, 2.05) is 0 Å². The number of fused-ring (bicyclic) bond motifs is 6. The Morgan fingerprint density at radius 1 is 0.979 bits per heavy atom. The molecule has 0 amide bonds. The molecule has 2 aromatic rings. The van der Waals surface area contributed by atoms with Gasteiger partial charge < -0.3 is 24.8 Å². The third-order valence-corrected chi connectivity index (χ3v) is 13.3. The third-order valence-electron chi connectivity index (χ3n) is 13.3. The van der Waals surface area contributed by atoms with Crippen molar-refractivity contribution in [2.75, 3.05) is 0 Å². The molecule has 2 aromatic carbocycles. The van der Waals surface area contributed by atoms with Crippen LogP contribution in [0.3, 0.4) is 0 Å². The Hall–Kier alpha value is -1.01. The fraction of sp³-hybridized carbons (Fsp3) is 0.578. The SMILES string of the molecule is CCCCc1cc(C(C)(C)C)c[cH-]1.C[C-]1C2=C3Cc4ccccc4C3=C3C=CCCC3C2(C)C(C)(C)C(C)(C)C1(C)C.C[C](C)=[Zr+2].[Cl-].[Cl-]. The Morgan fingerprint density at radius 2 is 1.58 bits per heavy atom. The summed E-state index contributed by atoms with van der Waals surface area (Å²) in [6.45, 7) is 33.6. The second kappa shape index (κ2) is 15.7. The van der Waals surface area contributed by atoms with Crippen LogP contribution in [-0.4, -0.2) is 3.21 Å². The van der Waals surface area contributed by atoms with E-state index < -0.39 is 0 Å². The number of hydrogen-bond donors (Lipinski definition) is 0. The summed E-state index contributed by atoms with van der Waals surface area (Å²) in [6.07, 6.45) is 12.3. The van der Waals surface area contributed by atoms with Gasteiger partial charge in [0.1, 0.15) is 0 Å². The first-order valence-corrected chi connectivity index (χ1v) is 19.3. The maximum absolute atomic E-state index is 2.62. The average Bonchev–Trinajstić information content (AvgIpc) is 3.61. The van der Waals surface area contributed by atoms with Gasteiger partial charge in [-0.1, -0.05) is 166 Å². The van der Waals surface area contributed by atoms with Crippen molar-refractivity contribution in [1.82, 2.24) is 0 Å². The molecular formula is C45H64Cl2Zr-2. The quantitative estimate of drug-likeness (QED) is 0.303. The molecule has 0 spiro atoms. The summed E-state index contributed by atoms with van der Waals surface area (Å²) < 4.78 is 1.51. The predicted molar refractivity (Wildman–Crippen MR) is 200 cm³/mol. The zero-order valence-electron chi connectivity index (χ0n) is 32.8. The van der Waals surface area contributed by atoms with Crippen LogP contribution in [-0.2, 0) is 42.5 Å². The van der Waals surface area contributed by atoms with Gasteiger partial charge in [-0.3, -0.25) is 0 Å². The van der Waals surface area contributed by atoms with Crippen LogP contribution in [0, 0.1) is 33.5 Å². The van der Waals surface area contributed by atoms with Gasteiger partial charge in [0.05, 0.1) is 0 Å². The molecule has 2 atom stereocenters. The van der Waals surface area contributed by atoms with E-state index in [0.29, 0.717) is 11.3 Å². The molecule has 0 bridgehead atoms. The summed E-state index contributed by atoms with van der Waals surface area (Å²) in [5.74, 6) is 2.24. The number of aryl methyl sites for hydroxylation is 1. The fourth-order valence-corrected chi connectivity index (χ4v) is 9.06. The molecule has 0 aliphatic heterocycles. The molecular weight excluding hydrogens is 703 g/mol. The maximum atomic E-state index is 2.62. The van der Waals surface area contributed by atoms with Gasteiger partial charge in [0.15, 0.2) is 0 Å². The first-order chi connectivity index (χ1) is 21.2. The van der Waals surface area contributed by atoms with Gasteiger partial charge in [-0.15, -0.1) is 6.92 Å². The van der Waals surface area contributed by atoms with E-state index in [-0.39, 0.29) is 46.5 Å². The van der Waals surface area contributed by atoms with Crippen molar-refractivity contribution < 1.29 is 49.0 Å². The van der Waals surface area contributed by atoms with Crippen LogP contribution in [0.4, 0.5) is 0 Å². The Labute approximate surface area is 323 Å². The van der Waals surface area contributed by atoms with E-state index in [2.05, 4.69) is 152 Å². The monoisotopic (exact) mass is 764 g/mol. The van der Waals surface area contributed by atoms with Gasteiger partial charge in [-0.05, 0) is 40.6 Å². The van der Waals surface area contributed by atoms with Crippen molar-refractivity contribution >= 4 is 8.78 Å². The first kappa shape index (κ1) is 43.2. The summed E-state index contributed by atoms with van der Waals surface area (Å²) in [6, 6.07) is 16.1. The normalized spacial score (nSPS) is 23.9. The zero-order chi connectivity index (χ0) is 34.5. The van der Waals surface area contributed by atoms with E-state index >= 15 is 0 Å². The van der Waals surface area contributed by atoms with Gasteiger partial charge in [-0.25, -0.2) is 12.0 Å². The largest absolute Gasteiger partial charge is 1.00 e. The molecule has 3 heteroatoms. The smallest absolute Gasteiger partial charge is 1.00 e. The zero-order valence-corrected chi connectivity index (χ0v) is 36.7. The average molecular weight is 767 g/mol. The van der Waals surface area contributed by atoms with Gasteiger partial charge in [0.25, 0.3) is 0 Å². The molecule has 0 saturated heterocycles. The van der Waals surface area contributed by atoms with E-state index in [9.17, 15) is 0 Å². The molecule has 2 unspecified atom stereocenters. The number of rotatable bonds is 3. The molecule has 4 aliphatic carbocycles. The molecule has 48 heavy (non-hydrogen) atoms. The van der Waals surface area contributed by atoms with Gasteiger partial charge in [-0.2, -0.15) is 34.4 Å². The first-order valence-electron chi connectivity index (χ1n) is 18.1. The Kier molecular flexibility index (Phi) is 14.1. The minimum absolute atomic E-state index is 0. The summed E-state index contributed by atoms with van der Waals surface area (Å²) in [5, 5.41) is 0. The van der Waals surface area contributed by atoms with Crippen molar-refractivity contribution in [1.29, 1.82) is 0 Å². The van der Waals surface area contributed by atoms with Gasteiger partial charge in [0, 0.05) is 0 Å². The molecule has 0 nitrogen and oxygen atoms in total. The Bertz CT molecular complexity index is 1530. The maximum Gasteiger partial charge on any atom is -1.00 e. The summed E-state index contributed by atoms with van der Waals surface area (Å²) in [7, 11) is 0. The number of halogens is 2. The summed E-state index contributed by atoms with van der Waals surface area (Å²) in [5.41, 5.74) is 13.6. The van der Waals surface area contributed by atoms with E-state index in [1.54, 1.807) is 52.4 Å². The molecule has 1 saturated carbocycles. The summed E-state index contributed by atoms with van der Waals surface area (Å²) in [4.78, 5) is 0. The molecule has 0 aromatic heterocycles. The van der Waals surface area contributed by atoms with Crippen molar-refractivity contribution in [3.8, 4) is 0 Å². The van der Waals surface area contributed by atoms with E-state index in [1.165, 1.54) is 57.6 Å². The van der Waals surface area contributed by atoms with Crippen LogP contribution in [0.5, 0.6) is 0 Å². The topological polar surface area (TPSA) is 0 Å². The van der Waals surface area contributed by atoms with Crippen molar-refractivity contribution in [3.63, 3.8) is 0 Å². The molecule has 0 N–H and O–H groups in total. The van der Waals surface area contributed by atoms with Crippen LogP contribution in [0.2, 0.25) is 0 Å². The predicted octanol–water partition coefficient (Wildman–Crippen LogP) is 6.76. The van der Waals surface area contributed by atoms with Crippen LogP contribution in [0.1, 0.15) is 145 Å². The minimum Gasteiger partial charge on any atom is -1.00 e. The number of benzene rings is 1. The van der Waals surface area contributed by atoms with Crippen LogP contribution in [0.25, 0.3) is 5.57 Å². The van der Waals surface area contributed by atoms with E-state index in [0.717, 1.165) is 6.42 Å². The minimum atomic E-state index is 0. The molecule has 4 aliphatic rings. The number of allylic oxidation sites excluding steroid dienone is 6. The second-order valence-corrected chi connectivity index (χ2v) is 20.1. The van der Waals surface area contributed by atoms with Crippen molar-refractivity contribution in [2.24, 2.45) is 27.6 Å². The van der Waals surface area contributed by atoms with Crippen molar-refractivity contribution in [2.45, 2.75) is 141 Å². The van der Waals surface area contributed by atoms with Crippen LogP contribution < -0.4 is 24.8 Å². The van der Waals surface area contributed by atoms with Gasteiger partial charge in [0.2, 0.25) is 0 Å². The van der Waals surface area contributed by atoms with E-state index in [4.69, 9.17) is 0 Å². The molecule has 0 radical (unpaired) electrons.